The molecule has 27 heavy (non-hydrogen) atoms. The van der Waals surface area contributed by atoms with Crippen molar-refractivity contribution in [3.8, 4) is 10.6 Å². The molecular weight excluding hydrogens is 405 g/mol. The molecule has 0 radical (unpaired) electrons. The van der Waals surface area contributed by atoms with Crippen LogP contribution >= 0.6 is 34.5 Å². The number of hydrogen-bond donors (Lipinski definition) is 1. The molecule has 0 unspecified atom stereocenters. The third-order valence-electron chi connectivity index (χ3n) is 4.30. The quantitative estimate of drug-likeness (QED) is 0.473. The lowest BCUT2D eigenvalue weighted by atomic mass is 10.1. The summed E-state index contributed by atoms with van der Waals surface area (Å²) in [7, 11) is 0. The minimum absolute atomic E-state index is 0.0104. The fourth-order valence-electron chi connectivity index (χ4n) is 3.13. The number of halogens is 2. The number of carbonyl (C=O) groups excluding carboxylic acids is 1. The Morgan fingerprint density at radius 2 is 1.93 bits per heavy atom. The molecule has 0 saturated carbocycles. The average Bonchev–Trinajstić information content (AvgIpc) is 3.19. The Morgan fingerprint density at radius 1 is 1.19 bits per heavy atom. The van der Waals surface area contributed by atoms with Crippen LogP contribution in [0.1, 0.15) is 16.8 Å². The van der Waals surface area contributed by atoms with Gasteiger partial charge in [-0.25, -0.2) is 4.98 Å². The Kier molecular flexibility index (Phi) is 4.63. The van der Waals surface area contributed by atoms with Crippen molar-refractivity contribution >= 4 is 51.8 Å². The fraction of sp³-hybridized carbons (Fsp3) is 0.105. The molecule has 0 atom stereocenters. The number of hydrogen-bond acceptors (Lipinski definition) is 5. The zero-order valence-electron chi connectivity index (χ0n) is 14.1. The number of benzene rings is 2. The molecule has 3 aromatic rings. The summed E-state index contributed by atoms with van der Waals surface area (Å²) < 4.78 is 0. The number of amides is 1. The summed E-state index contributed by atoms with van der Waals surface area (Å²) >= 11 is 13.5. The van der Waals surface area contributed by atoms with Gasteiger partial charge in [0.1, 0.15) is 5.01 Å². The van der Waals surface area contributed by atoms with Crippen LogP contribution in [0.2, 0.25) is 10.0 Å². The summed E-state index contributed by atoms with van der Waals surface area (Å²) in [5.74, 6) is -0.376. The van der Waals surface area contributed by atoms with E-state index in [0.29, 0.717) is 21.3 Å². The highest BCUT2D eigenvalue weighted by atomic mass is 35.5. The van der Waals surface area contributed by atoms with E-state index in [9.17, 15) is 10.0 Å². The van der Waals surface area contributed by atoms with Crippen molar-refractivity contribution in [3.63, 3.8) is 0 Å². The fourth-order valence-corrected chi connectivity index (χ4v) is 4.35. The van der Waals surface area contributed by atoms with E-state index in [-0.39, 0.29) is 18.2 Å². The summed E-state index contributed by atoms with van der Waals surface area (Å²) in [6.07, 6.45) is 0. The van der Waals surface area contributed by atoms with Crippen LogP contribution in [0.5, 0.6) is 0 Å². The van der Waals surface area contributed by atoms with Gasteiger partial charge in [-0.3, -0.25) is 9.69 Å². The molecule has 0 aliphatic carbocycles. The Morgan fingerprint density at radius 3 is 2.63 bits per heavy atom. The van der Waals surface area contributed by atoms with E-state index in [2.05, 4.69) is 10.1 Å². The summed E-state index contributed by atoms with van der Waals surface area (Å²) in [4.78, 5) is 18.9. The summed E-state index contributed by atoms with van der Waals surface area (Å²) in [5, 5.41) is 16.4. The number of thiazole rings is 1. The van der Waals surface area contributed by atoms with E-state index in [1.54, 1.807) is 17.0 Å². The molecule has 1 aromatic heterocycles. The number of fused-ring (bicyclic) bond motifs is 1. The summed E-state index contributed by atoms with van der Waals surface area (Å²) in [5.41, 5.74) is 3.75. The van der Waals surface area contributed by atoms with E-state index in [1.165, 1.54) is 11.3 Å². The molecule has 1 N–H and O–H groups in total. The van der Waals surface area contributed by atoms with Crippen molar-refractivity contribution in [1.29, 1.82) is 0 Å². The molecule has 1 amide bonds. The first kappa shape index (κ1) is 18.0. The van der Waals surface area contributed by atoms with E-state index in [0.717, 1.165) is 21.8 Å². The van der Waals surface area contributed by atoms with Crippen molar-refractivity contribution in [1.82, 2.24) is 4.98 Å². The predicted octanol–water partition coefficient (Wildman–Crippen LogP) is 5.15. The van der Waals surface area contributed by atoms with E-state index in [1.807, 2.05) is 36.6 Å². The van der Waals surface area contributed by atoms with Crippen LogP contribution in [0.4, 0.5) is 5.69 Å². The number of anilines is 1. The molecule has 0 spiro atoms. The number of rotatable bonds is 3. The van der Waals surface area contributed by atoms with Crippen molar-refractivity contribution in [2.75, 3.05) is 4.90 Å². The average molecular weight is 418 g/mol. The van der Waals surface area contributed by atoms with Crippen LogP contribution < -0.4 is 4.90 Å². The number of oxime groups is 1. The van der Waals surface area contributed by atoms with Gasteiger partial charge in [-0.1, -0.05) is 40.5 Å². The van der Waals surface area contributed by atoms with Crippen molar-refractivity contribution in [2.24, 2.45) is 5.16 Å². The minimum atomic E-state index is -0.376. The van der Waals surface area contributed by atoms with Gasteiger partial charge >= 0.3 is 0 Å². The molecule has 4 rings (SSSR count). The number of aryl methyl sites for hydroxylation is 1. The predicted molar refractivity (Wildman–Crippen MR) is 108 cm³/mol. The van der Waals surface area contributed by atoms with Gasteiger partial charge in [-0.15, -0.1) is 11.3 Å². The second kappa shape index (κ2) is 6.96. The van der Waals surface area contributed by atoms with Gasteiger partial charge in [0.2, 0.25) is 0 Å². The van der Waals surface area contributed by atoms with Crippen LogP contribution in [0.25, 0.3) is 10.6 Å². The van der Waals surface area contributed by atoms with Crippen molar-refractivity contribution < 1.29 is 10.0 Å². The molecule has 8 heteroatoms. The van der Waals surface area contributed by atoms with Gasteiger partial charge in [0, 0.05) is 26.6 Å². The van der Waals surface area contributed by atoms with Gasteiger partial charge in [0.25, 0.3) is 5.91 Å². The van der Waals surface area contributed by atoms with Crippen molar-refractivity contribution in [3.05, 3.63) is 68.6 Å². The Hall–Kier alpha value is -2.41. The molecule has 136 valence electrons. The third kappa shape index (κ3) is 3.20. The van der Waals surface area contributed by atoms with E-state index >= 15 is 0 Å². The smallest absolute Gasteiger partial charge is 0.281 e. The van der Waals surface area contributed by atoms with Gasteiger partial charge in [-0.05, 0) is 36.8 Å². The molecule has 5 nitrogen and oxygen atoms in total. The molecule has 2 heterocycles. The monoisotopic (exact) mass is 417 g/mol. The highest BCUT2D eigenvalue weighted by Crippen LogP contribution is 2.36. The maximum Gasteiger partial charge on any atom is 0.281 e. The molecule has 1 aliphatic heterocycles. The van der Waals surface area contributed by atoms with Gasteiger partial charge in [0.05, 0.1) is 17.9 Å². The Balaban J connectivity index is 1.68. The lowest BCUT2D eigenvalue weighted by Crippen LogP contribution is -2.30. The molecule has 0 bridgehead atoms. The van der Waals surface area contributed by atoms with Crippen LogP contribution in [0.3, 0.4) is 0 Å². The van der Waals surface area contributed by atoms with Crippen LogP contribution in [0, 0.1) is 6.92 Å². The zero-order chi connectivity index (χ0) is 19.1. The largest absolute Gasteiger partial charge is 0.410 e. The van der Waals surface area contributed by atoms with Gasteiger partial charge in [0.15, 0.2) is 5.71 Å². The highest BCUT2D eigenvalue weighted by molar-refractivity contribution is 7.13. The standard InChI is InChI=1S/C19H13Cl2N3O2S/c1-10-6-13(21)7-15-16(23-26)19(25)24(17(10)15)8-14-9-27-18(22-14)11-2-4-12(20)5-3-11/h2-7,9,26H,8H2,1H3/b23-16-. The molecule has 0 fully saturated rings. The lowest BCUT2D eigenvalue weighted by Gasteiger charge is -2.17. The van der Waals surface area contributed by atoms with Gasteiger partial charge in [-0.2, -0.15) is 0 Å². The molecule has 1 aliphatic rings. The van der Waals surface area contributed by atoms with Crippen molar-refractivity contribution in [2.45, 2.75) is 13.5 Å². The highest BCUT2D eigenvalue weighted by Gasteiger charge is 2.36. The normalized spacial score (nSPS) is 14.9. The maximum atomic E-state index is 12.7. The second-order valence-corrected chi connectivity index (χ2v) is 7.84. The van der Waals surface area contributed by atoms with E-state index < -0.39 is 0 Å². The molecule has 0 saturated heterocycles. The lowest BCUT2D eigenvalue weighted by molar-refractivity contribution is -0.112. The summed E-state index contributed by atoms with van der Waals surface area (Å²) in [6, 6.07) is 10.9. The topological polar surface area (TPSA) is 65.8 Å². The molecular formula is C19H13Cl2N3O2S. The Labute approximate surface area is 169 Å². The van der Waals surface area contributed by atoms with Crippen LogP contribution in [0.15, 0.2) is 46.9 Å². The first-order chi connectivity index (χ1) is 13.0. The number of aromatic nitrogens is 1. The van der Waals surface area contributed by atoms with Crippen LogP contribution in [-0.2, 0) is 11.3 Å². The molecule has 2 aromatic carbocycles. The second-order valence-electron chi connectivity index (χ2n) is 6.11. The zero-order valence-corrected chi connectivity index (χ0v) is 16.4. The van der Waals surface area contributed by atoms with E-state index in [4.69, 9.17) is 23.2 Å². The minimum Gasteiger partial charge on any atom is -0.410 e. The van der Waals surface area contributed by atoms with Crippen LogP contribution in [-0.4, -0.2) is 21.8 Å². The maximum absolute atomic E-state index is 12.7. The first-order valence-corrected chi connectivity index (χ1v) is 9.66. The number of nitrogens with zero attached hydrogens (tertiary/aromatic N) is 3. The van der Waals surface area contributed by atoms with Gasteiger partial charge < -0.3 is 5.21 Å². The summed E-state index contributed by atoms with van der Waals surface area (Å²) in [6.45, 7) is 2.14. The number of carbonyl (C=O) groups is 1. The first-order valence-electron chi connectivity index (χ1n) is 8.02. The Bertz CT molecular complexity index is 1080. The third-order valence-corrected chi connectivity index (χ3v) is 5.71. The SMILES string of the molecule is Cc1cc(Cl)cc2c1N(Cc1csc(-c3ccc(Cl)cc3)n1)C(=O)/C2=N\O.